The Balaban J connectivity index is 2.51. The van der Waals surface area contributed by atoms with E-state index in [0.717, 1.165) is 12.1 Å². The van der Waals surface area contributed by atoms with E-state index in [-0.39, 0.29) is 0 Å². The summed E-state index contributed by atoms with van der Waals surface area (Å²) in [7, 11) is 1.87. The first-order valence-electron chi connectivity index (χ1n) is 5.88. The molecule has 1 aromatic carbocycles. The minimum atomic E-state index is 0.298. The van der Waals surface area contributed by atoms with E-state index in [1.165, 1.54) is 5.56 Å². The minimum absolute atomic E-state index is 0.298. The van der Waals surface area contributed by atoms with Crippen molar-refractivity contribution in [2.75, 3.05) is 13.6 Å². The van der Waals surface area contributed by atoms with E-state index in [1.807, 2.05) is 7.05 Å². The zero-order chi connectivity index (χ0) is 12.0. The third-order valence-electron chi connectivity index (χ3n) is 2.70. The minimum Gasteiger partial charge on any atom is -0.319 e. The molecule has 0 spiro atoms. The first kappa shape index (κ1) is 12.9. The molecule has 0 unspecified atom stereocenters. The predicted octanol–water partition coefficient (Wildman–Crippen LogP) is 2.53. The molecule has 0 saturated heterocycles. The standard InChI is InChI=1S/C14H21NO/c1-11(2)13-6-4-12(5-7-13)10-14(16)8-9-15-3/h4-7,11,15H,8-10H2,1-3H3. The highest BCUT2D eigenvalue weighted by Gasteiger charge is 2.04. The lowest BCUT2D eigenvalue weighted by Gasteiger charge is -2.06. The number of hydrogen-bond acceptors (Lipinski definition) is 2. The summed E-state index contributed by atoms with van der Waals surface area (Å²) in [6.07, 6.45) is 1.17. The molecule has 0 bridgehead atoms. The largest absolute Gasteiger partial charge is 0.319 e. The van der Waals surface area contributed by atoms with Gasteiger partial charge in [0, 0.05) is 19.4 Å². The molecule has 0 saturated carbocycles. The zero-order valence-electron chi connectivity index (χ0n) is 10.4. The van der Waals surface area contributed by atoms with Gasteiger partial charge in [0.1, 0.15) is 5.78 Å². The van der Waals surface area contributed by atoms with Gasteiger partial charge in [-0.05, 0) is 24.1 Å². The summed E-state index contributed by atoms with van der Waals surface area (Å²) in [6.45, 7) is 5.11. The molecule has 1 N–H and O–H groups in total. The molecule has 0 aliphatic rings. The van der Waals surface area contributed by atoms with E-state index in [2.05, 4.69) is 43.4 Å². The van der Waals surface area contributed by atoms with E-state index >= 15 is 0 Å². The van der Waals surface area contributed by atoms with Crippen molar-refractivity contribution in [3.63, 3.8) is 0 Å². The van der Waals surface area contributed by atoms with E-state index in [9.17, 15) is 4.79 Å². The van der Waals surface area contributed by atoms with Gasteiger partial charge in [-0.25, -0.2) is 0 Å². The Morgan fingerprint density at radius 2 is 1.88 bits per heavy atom. The Morgan fingerprint density at radius 3 is 2.38 bits per heavy atom. The lowest BCUT2D eigenvalue weighted by atomic mass is 9.99. The molecule has 16 heavy (non-hydrogen) atoms. The summed E-state index contributed by atoms with van der Waals surface area (Å²) >= 11 is 0. The van der Waals surface area contributed by atoms with Crippen LogP contribution in [0.15, 0.2) is 24.3 Å². The number of carbonyl (C=O) groups excluding carboxylic acids is 1. The molecule has 1 aromatic rings. The summed E-state index contributed by atoms with van der Waals surface area (Å²) in [5.41, 5.74) is 2.44. The molecular weight excluding hydrogens is 198 g/mol. The van der Waals surface area contributed by atoms with Crippen LogP contribution in [0.3, 0.4) is 0 Å². The quantitative estimate of drug-likeness (QED) is 0.796. The fraction of sp³-hybridized carbons (Fsp3) is 0.500. The summed E-state index contributed by atoms with van der Waals surface area (Å²) in [6, 6.07) is 8.36. The maximum absolute atomic E-state index is 11.6. The van der Waals surface area contributed by atoms with Crippen LogP contribution in [-0.2, 0) is 11.2 Å². The van der Waals surface area contributed by atoms with Gasteiger partial charge >= 0.3 is 0 Å². The van der Waals surface area contributed by atoms with Crippen molar-refractivity contribution < 1.29 is 4.79 Å². The zero-order valence-corrected chi connectivity index (χ0v) is 10.4. The fourth-order valence-corrected chi connectivity index (χ4v) is 1.60. The van der Waals surface area contributed by atoms with Gasteiger partial charge in [0.05, 0.1) is 0 Å². The topological polar surface area (TPSA) is 29.1 Å². The van der Waals surface area contributed by atoms with Crippen LogP contribution < -0.4 is 5.32 Å². The van der Waals surface area contributed by atoms with Crippen molar-refractivity contribution in [1.82, 2.24) is 5.32 Å². The van der Waals surface area contributed by atoms with Crippen LogP contribution in [0, 0.1) is 0 Å². The average Bonchev–Trinajstić information content (AvgIpc) is 2.27. The normalized spacial score (nSPS) is 10.8. The number of ketones is 1. The van der Waals surface area contributed by atoms with Gasteiger partial charge in [-0.3, -0.25) is 4.79 Å². The SMILES string of the molecule is CNCCC(=O)Cc1ccc(C(C)C)cc1. The van der Waals surface area contributed by atoms with Crippen molar-refractivity contribution in [3.8, 4) is 0 Å². The predicted molar refractivity (Wildman–Crippen MR) is 67.8 cm³/mol. The van der Waals surface area contributed by atoms with E-state index in [1.54, 1.807) is 0 Å². The van der Waals surface area contributed by atoms with Gasteiger partial charge in [0.15, 0.2) is 0 Å². The highest BCUT2D eigenvalue weighted by molar-refractivity contribution is 5.81. The van der Waals surface area contributed by atoms with Crippen molar-refractivity contribution in [1.29, 1.82) is 0 Å². The number of Topliss-reactive ketones (excluding diaryl/α,β-unsaturated/α-hetero) is 1. The summed E-state index contributed by atoms with van der Waals surface area (Å²) in [5.74, 6) is 0.848. The van der Waals surface area contributed by atoms with Gasteiger partial charge in [0.25, 0.3) is 0 Å². The van der Waals surface area contributed by atoms with Crippen molar-refractivity contribution in [2.24, 2.45) is 0 Å². The molecule has 0 aliphatic heterocycles. The molecule has 1 rings (SSSR count). The second-order valence-corrected chi connectivity index (χ2v) is 4.47. The monoisotopic (exact) mass is 219 g/mol. The maximum atomic E-state index is 11.6. The summed E-state index contributed by atoms with van der Waals surface area (Å²) in [4.78, 5) is 11.6. The highest BCUT2D eigenvalue weighted by atomic mass is 16.1. The van der Waals surface area contributed by atoms with Gasteiger partial charge in [0.2, 0.25) is 0 Å². The van der Waals surface area contributed by atoms with Crippen molar-refractivity contribution >= 4 is 5.78 Å². The summed E-state index contributed by atoms with van der Waals surface area (Å²) < 4.78 is 0. The molecule has 0 fully saturated rings. The number of benzene rings is 1. The molecule has 88 valence electrons. The van der Waals surface area contributed by atoms with Crippen LogP contribution in [0.2, 0.25) is 0 Å². The lowest BCUT2D eigenvalue weighted by Crippen LogP contribution is -2.14. The van der Waals surface area contributed by atoms with Crippen LogP contribution >= 0.6 is 0 Å². The molecular formula is C14H21NO. The Labute approximate surface area is 98.1 Å². The number of carbonyl (C=O) groups is 1. The molecule has 0 heterocycles. The van der Waals surface area contributed by atoms with E-state index in [4.69, 9.17) is 0 Å². The molecule has 0 radical (unpaired) electrons. The van der Waals surface area contributed by atoms with Crippen molar-refractivity contribution in [2.45, 2.75) is 32.6 Å². The Bertz CT molecular complexity index is 327. The first-order valence-corrected chi connectivity index (χ1v) is 5.88. The fourth-order valence-electron chi connectivity index (χ4n) is 1.60. The molecule has 0 aliphatic carbocycles. The van der Waals surface area contributed by atoms with Crippen LogP contribution in [0.5, 0.6) is 0 Å². The van der Waals surface area contributed by atoms with Gasteiger partial charge in [-0.2, -0.15) is 0 Å². The maximum Gasteiger partial charge on any atom is 0.138 e. The molecule has 2 heteroatoms. The van der Waals surface area contributed by atoms with Gasteiger partial charge < -0.3 is 5.32 Å². The summed E-state index contributed by atoms with van der Waals surface area (Å²) in [5, 5.41) is 2.99. The number of hydrogen-bond donors (Lipinski definition) is 1. The van der Waals surface area contributed by atoms with E-state index < -0.39 is 0 Å². The Hall–Kier alpha value is -1.15. The van der Waals surface area contributed by atoms with Crippen LogP contribution in [0.25, 0.3) is 0 Å². The molecule has 0 aromatic heterocycles. The smallest absolute Gasteiger partial charge is 0.138 e. The number of rotatable bonds is 6. The Kier molecular flexibility index (Phi) is 5.20. The third-order valence-corrected chi connectivity index (χ3v) is 2.70. The second kappa shape index (κ2) is 6.44. The van der Waals surface area contributed by atoms with Crippen LogP contribution in [0.4, 0.5) is 0 Å². The van der Waals surface area contributed by atoms with Gasteiger partial charge in [-0.15, -0.1) is 0 Å². The highest BCUT2D eigenvalue weighted by Crippen LogP contribution is 2.15. The molecule has 0 atom stereocenters. The van der Waals surface area contributed by atoms with Crippen LogP contribution in [-0.4, -0.2) is 19.4 Å². The van der Waals surface area contributed by atoms with Crippen molar-refractivity contribution in [3.05, 3.63) is 35.4 Å². The third kappa shape index (κ3) is 4.15. The molecule has 2 nitrogen and oxygen atoms in total. The second-order valence-electron chi connectivity index (χ2n) is 4.47. The number of nitrogens with one attached hydrogen (secondary N) is 1. The van der Waals surface area contributed by atoms with Gasteiger partial charge in [-0.1, -0.05) is 38.1 Å². The first-order chi connectivity index (χ1) is 7.63. The van der Waals surface area contributed by atoms with E-state index in [0.29, 0.717) is 24.5 Å². The Morgan fingerprint density at radius 1 is 1.25 bits per heavy atom. The average molecular weight is 219 g/mol. The lowest BCUT2D eigenvalue weighted by molar-refractivity contribution is -0.118. The van der Waals surface area contributed by atoms with Crippen LogP contribution in [0.1, 0.15) is 37.3 Å². The molecule has 0 amide bonds.